The van der Waals surface area contributed by atoms with E-state index in [1.165, 1.54) is 11.8 Å². The normalized spacial score (nSPS) is 15.8. The molecule has 0 radical (unpaired) electrons. The van der Waals surface area contributed by atoms with E-state index in [0.717, 1.165) is 33.6 Å². The lowest BCUT2D eigenvalue weighted by atomic mass is 9.87. The summed E-state index contributed by atoms with van der Waals surface area (Å²) in [6, 6.07) is 13.9. The van der Waals surface area contributed by atoms with Gasteiger partial charge in [0.25, 0.3) is 0 Å². The molecule has 3 aromatic rings. The molecule has 202 valence electrons. The van der Waals surface area contributed by atoms with Crippen LogP contribution in [0.3, 0.4) is 0 Å². The molecule has 7 nitrogen and oxygen atoms in total. The van der Waals surface area contributed by atoms with Crippen molar-refractivity contribution in [3.63, 3.8) is 0 Å². The van der Waals surface area contributed by atoms with E-state index in [9.17, 15) is 9.59 Å². The van der Waals surface area contributed by atoms with Crippen molar-refractivity contribution in [3.05, 3.63) is 75.4 Å². The van der Waals surface area contributed by atoms with Gasteiger partial charge in [-0.2, -0.15) is 5.10 Å². The first kappa shape index (κ1) is 28.2. The summed E-state index contributed by atoms with van der Waals surface area (Å²) in [5, 5.41) is 8.40. The van der Waals surface area contributed by atoms with Crippen molar-refractivity contribution in [1.82, 2.24) is 15.1 Å². The standard InChI is InChI=1S/C29H35ClN4O3S/c1-18-11-12-22(19(2)15-18)34-28-25(27(32-34)29(3,4)5)26(20-9-7-8-10-21(20)30)38-17-24(36)33(28)16-23(35)31-13-14-37-6/h7-12,15,26H,13-14,16-17H2,1-6H3,(H,31,35)/t26-/m1/s1. The third-order valence-electron chi connectivity index (χ3n) is 6.50. The number of ether oxygens (including phenoxy) is 1. The van der Waals surface area contributed by atoms with Gasteiger partial charge in [0.2, 0.25) is 11.8 Å². The summed E-state index contributed by atoms with van der Waals surface area (Å²) in [7, 11) is 1.58. The summed E-state index contributed by atoms with van der Waals surface area (Å²) in [6.45, 7) is 11.1. The maximum Gasteiger partial charge on any atom is 0.240 e. The Balaban J connectivity index is 2.00. The van der Waals surface area contributed by atoms with Crippen molar-refractivity contribution < 1.29 is 14.3 Å². The number of nitrogens with one attached hydrogen (secondary N) is 1. The van der Waals surface area contributed by atoms with Crippen LogP contribution >= 0.6 is 23.4 Å². The summed E-state index contributed by atoms with van der Waals surface area (Å²) in [5.74, 6) is 0.405. The molecule has 9 heteroatoms. The van der Waals surface area contributed by atoms with Gasteiger partial charge in [0.1, 0.15) is 12.4 Å². The Kier molecular flexibility index (Phi) is 8.55. The SMILES string of the molecule is COCCNC(=O)CN1C(=O)CS[C@H](c2ccccc2Cl)c2c(C(C)(C)C)nn(-c3ccc(C)cc3C)c21. The van der Waals surface area contributed by atoms with Crippen molar-refractivity contribution in [1.29, 1.82) is 0 Å². The number of fused-ring (bicyclic) bond motifs is 1. The second-order valence-corrected chi connectivity index (χ2v) is 12.1. The number of carbonyl (C=O) groups is 2. The molecule has 0 unspecified atom stereocenters. The third kappa shape index (κ3) is 5.77. The van der Waals surface area contributed by atoms with Gasteiger partial charge in [0, 0.05) is 29.7 Å². The van der Waals surface area contributed by atoms with Crippen molar-refractivity contribution >= 4 is 41.0 Å². The Hall–Kier alpha value is -2.81. The Labute approximate surface area is 233 Å². The zero-order valence-corrected chi connectivity index (χ0v) is 24.4. The molecule has 0 aliphatic carbocycles. The molecule has 4 rings (SSSR count). The van der Waals surface area contributed by atoms with E-state index < -0.39 is 0 Å². The fourth-order valence-corrected chi connectivity index (χ4v) is 6.25. The molecule has 2 aromatic carbocycles. The fraction of sp³-hybridized carbons (Fsp3) is 0.414. The average Bonchev–Trinajstić information content (AvgIpc) is 3.18. The van der Waals surface area contributed by atoms with Gasteiger partial charge in [0.05, 0.1) is 29.0 Å². The fourth-order valence-electron chi connectivity index (χ4n) is 4.71. The molecular weight excluding hydrogens is 520 g/mol. The predicted molar refractivity (Wildman–Crippen MR) is 155 cm³/mol. The molecule has 1 atom stereocenters. The number of halogens is 1. The number of amides is 2. The Morgan fingerprint density at radius 3 is 2.61 bits per heavy atom. The molecular formula is C29H35ClN4O3S. The number of nitrogens with zero attached hydrogens (tertiary/aromatic N) is 3. The van der Waals surface area contributed by atoms with Crippen LogP contribution in [0.1, 0.15) is 54.0 Å². The first-order chi connectivity index (χ1) is 18.0. The number of hydrogen-bond acceptors (Lipinski definition) is 5. The van der Waals surface area contributed by atoms with Crippen LogP contribution in [0.15, 0.2) is 42.5 Å². The highest BCUT2D eigenvalue weighted by atomic mass is 35.5. The lowest BCUT2D eigenvalue weighted by Gasteiger charge is -2.25. The van der Waals surface area contributed by atoms with Gasteiger partial charge in [-0.3, -0.25) is 14.5 Å². The van der Waals surface area contributed by atoms with E-state index >= 15 is 0 Å². The number of anilines is 1. The zero-order chi connectivity index (χ0) is 27.6. The summed E-state index contributed by atoms with van der Waals surface area (Å²) in [5.41, 5.74) is 5.38. The Morgan fingerprint density at radius 2 is 1.95 bits per heavy atom. The second kappa shape index (κ2) is 11.5. The smallest absolute Gasteiger partial charge is 0.240 e. The van der Waals surface area contributed by atoms with Crippen molar-refractivity contribution in [2.45, 2.75) is 45.3 Å². The van der Waals surface area contributed by atoms with Crippen LogP contribution in [0, 0.1) is 13.8 Å². The molecule has 0 fully saturated rings. The number of hydrogen-bond donors (Lipinski definition) is 1. The minimum atomic E-state index is -0.340. The van der Waals surface area contributed by atoms with Crippen molar-refractivity contribution in [2.75, 3.05) is 37.5 Å². The summed E-state index contributed by atoms with van der Waals surface area (Å²) >= 11 is 8.24. The lowest BCUT2D eigenvalue weighted by Crippen LogP contribution is -2.43. The highest BCUT2D eigenvalue weighted by Crippen LogP contribution is 2.49. The highest BCUT2D eigenvalue weighted by Gasteiger charge is 2.40. The molecule has 2 amide bonds. The number of thioether (sulfide) groups is 1. The van der Waals surface area contributed by atoms with E-state index in [4.69, 9.17) is 21.4 Å². The summed E-state index contributed by atoms with van der Waals surface area (Å²) < 4.78 is 6.92. The van der Waals surface area contributed by atoms with Crippen molar-refractivity contribution in [3.8, 4) is 5.69 Å². The molecule has 38 heavy (non-hydrogen) atoms. The molecule has 1 aromatic heterocycles. The van der Waals surface area contributed by atoms with Gasteiger partial charge < -0.3 is 10.1 Å². The van der Waals surface area contributed by atoms with Crippen LogP contribution in [0.2, 0.25) is 5.02 Å². The molecule has 0 bridgehead atoms. The third-order valence-corrected chi connectivity index (χ3v) is 8.08. The van der Waals surface area contributed by atoms with Crippen LogP contribution in [-0.4, -0.2) is 54.2 Å². The van der Waals surface area contributed by atoms with Crippen molar-refractivity contribution in [2.24, 2.45) is 0 Å². The minimum Gasteiger partial charge on any atom is -0.383 e. The molecule has 1 N–H and O–H groups in total. The monoisotopic (exact) mass is 554 g/mol. The molecule has 1 aliphatic heterocycles. The Morgan fingerprint density at radius 1 is 1.21 bits per heavy atom. The summed E-state index contributed by atoms with van der Waals surface area (Å²) in [4.78, 5) is 28.3. The largest absolute Gasteiger partial charge is 0.383 e. The molecule has 2 heterocycles. The first-order valence-electron chi connectivity index (χ1n) is 12.7. The maximum absolute atomic E-state index is 13.7. The van der Waals surface area contributed by atoms with E-state index in [2.05, 4.69) is 32.2 Å². The van der Waals surface area contributed by atoms with E-state index in [-0.39, 0.29) is 34.8 Å². The van der Waals surface area contributed by atoms with Crippen LogP contribution in [0.4, 0.5) is 5.82 Å². The minimum absolute atomic E-state index is 0.120. The first-order valence-corrected chi connectivity index (χ1v) is 14.1. The molecule has 0 saturated heterocycles. The van der Waals surface area contributed by atoms with E-state index in [1.807, 2.05) is 54.9 Å². The van der Waals surface area contributed by atoms with Gasteiger partial charge in [-0.25, -0.2) is 4.68 Å². The van der Waals surface area contributed by atoms with Gasteiger partial charge in [0.15, 0.2) is 0 Å². The number of carbonyl (C=O) groups excluding carboxylic acids is 2. The second-order valence-electron chi connectivity index (χ2n) is 10.6. The van der Waals surface area contributed by atoms with Gasteiger partial charge in [-0.15, -0.1) is 11.8 Å². The number of aryl methyl sites for hydroxylation is 2. The predicted octanol–water partition coefficient (Wildman–Crippen LogP) is 5.37. The number of benzene rings is 2. The lowest BCUT2D eigenvalue weighted by molar-refractivity contribution is -0.123. The average molecular weight is 555 g/mol. The van der Waals surface area contributed by atoms with Crippen LogP contribution in [-0.2, 0) is 19.7 Å². The number of aromatic nitrogens is 2. The van der Waals surface area contributed by atoms with E-state index in [1.54, 1.807) is 12.0 Å². The molecule has 0 saturated carbocycles. The zero-order valence-electron chi connectivity index (χ0n) is 22.8. The number of methoxy groups -OCH3 is 1. The maximum atomic E-state index is 13.7. The molecule has 1 aliphatic rings. The topological polar surface area (TPSA) is 76.5 Å². The van der Waals surface area contributed by atoms with Crippen LogP contribution in [0.25, 0.3) is 5.69 Å². The number of rotatable bonds is 7. The van der Waals surface area contributed by atoms with Crippen LogP contribution < -0.4 is 10.2 Å². The summed E-state index contributed by atoms with van der Waals surface area (Å²) in [6.07, 6.45) is 0. The van der Waals surface area contributed by atoms with Gasteiger partial charge in [-0.1, -0.05) is 68.3 Å². The van der Waals surface area contributed by atoms with Gasteiger partial charge in [-0.05, 0) is 37.1 Å². The van der Waals surface area contributed by atoms with E-state index in [0.29, 0.717) is 24.0 Å². The van der Waals surface area contributed by atoms with Gasteiger partial charge >= 0.3 is 0 Å². The highest BCUT2D eigenvalue weighted by molar-refractivity contribution is 8.00. The molecule has 0 spiro atoms. The van der Waals surface area contributed by atoms with Crippen LogP contribution in [0.5, 0.6) is 0 Å². The quantitative estimate of drug-likeness (QED) is 0.397. The Bertz CT molecular complexity index is 1350.